The quantitative estimate of drug-likeness (QED) is 0.738. The van der Waals surface area contributed by atoms with Crippen molar-refractivity contribution in [2.75, 3.05) is 6.54 Å². The maximum atomic E-state index is 12.2. The summed E-state index contributed by atoms with van der Waals surface area (Å²) in [6.07, 6.45) is 3.66. The molecule has 0 radical (unpaired) electrons. The zero-order chi connectivity index (χ0) is 15.4. The van der Waals surface area contributed by atoms with Crippen LogP contribution in [-0.4, -0.2) is 22.2 Å². The third kappa shape index (κ3) is 3.45. The Morgan fingerprint density at radius 3 is 2.73 bits per heavy atom. The number of carbonyl (C=O) groups excluding carboxylic acids is 1. The van der Waals surface area contributed by atoms with E-state index in [2.05, 4.69) is 32.4 Å². The molecule has 1 aromatic carbocycles. The van der Waals surface area contributed by atoms with Crippen LogP contribution >= 0.6 is 27.3 Å². The van der Waals surface area contributed by atoms with Crippen molar-refractivity contribution >= 4 is 33.2 Å². The number of benzene rings is 1. The van der Waals surface area contributed by atoms with E-state index in [-0.39, 0.29) is 11.9 Å². The second-order valence-electron chi connectivity index (χ2n) is 4.73. The summed E-state index contributed by atoms with van der Waals surface area (Å²) < 4.78 is 2.82. The minimum absolute atomic E-state index is 0.00870. The Morgan fingerprint density at radius 1 is 1.27 bits per heavy atom. The monoisotopic (exact) mass is 375 g/mol. The topological polar surface area (TPSA) is 46.9 Å². The van der Waals surface area contributed by atoms with Gasteiger partial charge in [-0.05, 0) is 41.8 Å². The predicted molar refractivity (Wildman–Crippen MR) is 91.2 cm³/mol. The molecular formula is C16H14BrN3OS. The summed E-state index contributed by atoms with van der Waals surface area (Å²) in [5, 5.41) is 9.32. The third-order valence-electron chi connectivity index (χ3n) is 3.28. The van der Waals surface area contributed by atoms with Gasteiger partial charge >= 0.3 is 0 Å². The summed E-state index contributed by atoms with van der Waals surface area (Å²) in [5.74, 6) is -0.0822. The van der Waals surface area contributed by atoms with Gasteiger partial charge in [0.1, 0.15) is 6.04 Å². The molecule has 1 amide bonds. The lowest BCUT2D eigenvalue weighted by Gasteiger charge is -2.17. The molecule has 1 N–H and O–H groups in total. The molecule has 0 spiro atoms. The third-order valence-corrected chi connectivity index (χ3v) is 4.78. The normalized spacial score (nSPS) is 12.0. The van der Waals surface area contributed by atoms with E-state index in [0.29, 0.717) is 12.1 Å². The number of nitrogens with one attached hydrogen (secondary N) is 1. The molecule has 0 aliphatic heterocycles. The maximum Gasteiger partial charge on any atom is 0.251 e. The van der Waals surface area contributed by atoms with Crippen molar-refractivity contribution in [3.8, 4) is 0 Å². The van der Waals surface area contributed by atoms with Crippen LogP contribution in [0.15, 0.2) is 64.7 Å². The largest absolute Gasteiger partial charge is 0.350 e. The summed E-state index contributed by atoms with van der Waals surface area (Å²) in [4.78, 5) is 13.4. The molecule has 0 bridgehead atoms. The molecule has 112 valence electrons. The molecule has 1 unspecified atom stereocenters. The van der Waals surface area contributed by atoms with Crippen LogP contribution in [0.2, 0.25) is 0 Å². The Kier molecular flexibility index (Phi) is 4.70. The SMILES string of the molecule is O=C(NCC(c1cccs1)n1cccn1)c1ccc(Br)cc1. The Balaban J connectivity index is 1.72. The fourth-order valence-corrected chi connectivity index (χ4v) is 3.25. The van der Waals surface area contributed by atoms with Gasteiger partial charge in [0.25, 0.3) is 5.91 Å². The number of nitrogens with zero attached hydrogens (tertiary/aromatic N) is 2. The smallest absolute Gasteiger partial charge is 0.251 e. The van der Waals surface area contributed by atoms with Crippen molar-refractivity contribution in [2.24, 2.45) is 0 Å². The number of hydrogen-bond acceptors (Lipinski definition) is 3. The fraction of sp³-hybridized carbons (Fsp3) is 0.125. The molecule has 0 saturated heterocycles. The predicted octanol–water partition coefficient (Wildman–Crippen LogP) is 3.73. The highest BCUT2D eigenvalue weighted by molar-refractivity contribution is 9.10. The van der Waals surface area contributed by atoms with Crippen LogP contribution in [0.25, 0.3) is 0 Å². The lowest BCUT2D eigenvalue weighted by Crippen LogP contribution is -2.31. The van der Waals surface area contributed by atoms with E-state index >= 15 is 0 Å². The maximum absolute atomic E-state index is 12.2. The molecule has 0 aliphatic carbocycles. The van der Waals surface area contributed by atoms with E-state index in [1.54, 1.807) is 29.7 Å². The van der Waals surface area contributed by atoms with Gasteiger partial charge in [-0.1, -0.05) is 22.0 Å². The molecule has 0 fully saturated rings. The molecule has 3 aromatic rings. The van der Waals surface area contributed by atoms with E-state index in [1.807, 2.05) is 40.5 Å². The Bertz CT molecular complexity index is 689. The number of amides is 1. The summed E-state index contributed by atoms with van der Waals surface area (Å²) in [6.45, 7) is 0.497. The average Bonchev–Trinajstić information content (AvgIpc) is 3.22. The zero-order valence-corrected chi connectivity index (χ0v) is 14.0. The van der Waals surface area contributed by atoms with E-state index in [4.69, 9.17) is 0 Å². The van der Waals surface area contributed by atoms with Crippen molar-refractivity contribution < 1.29 is 4.79 Å². The fourth-order valence-electron chi connectivity index (χ4n) is 2.16. The van der Waals surface area contributed by atoms with Gasteiger partial charge in [0.05, 0.1) is 0 Å². The molecule has 6 heteroatoms. The van der Waals surface area contributed by atoms with Crippen molar-refractivity contribution in [1.29, 1.82) is 0 Å². The van der Waals surface area contributed by atoms with Gasteiger partial charge in [-0.3, -0.25) is 9.48 Å². The first-order valence-corrected chi connectivity index (χ1v) is 8.47. The standard InChI is InChI=1S/C16H14BrN3OS/c17-13-6-4-12(5-7-13)16(21)18-11-14(15-3-1-10-22-15)20-9-2-8-19-20/h1-10,14H,11H2,(H,18,21). The lowest BCUT2D eigenvalue weighted by molar-refractivity contribution is 0.0949. The van der Waals surface area contributed by atoms with Crippen LogP contribution in [0.1, 0.15) is 21.3 Å². The van der Waals surface area contributed by atoms with Crippen molar-refractivity contribution in [3.05, 3.63) is 75.2 Å². The number of rotatable bonds is 5. The highest BCUT2D eigenvalue weighted by Gasteiger charge is 2.16. The summed E-state index contributed by atoms with van der Waals surface area (Å²) in [7, 11) is 0. The lowest BCUT2D eigenvalue weighted by atomic mass is 10.2. The molecule has 4 nitrogen and oxygen atoms in total. The minimum atomic E-state index is -0.0822. The van der Waals surface area contributed by atoms with Crippen LogP contribution in [0.4, 0.5) is 0 Å². The van der Waals surface area contributed by atoms with Gasteiger partial charge in [0.15, 0.2) is 0 Å². The average molecular weight is 376 g/mol. The van der Waals surface area contributed by atoms with Gasteiger partial charge in [0.2, 0.25) is 0 Å². The first-order chi connectivity index (χ1) is 10.7. The van der Waals surface area contributed by atoms with Crippen molar-refractivity contribution in [3.63, 3.8) is 0 Å². The van der Waals surface area contributed by atoms with E-state index in [9.17, 15) is 4.79 Å². The first-order valence-electron chi connectivity index (χ1n) is 6.80. The Labute approximate surface area is 140 Å². The van der Waals surface area contributed by atoms with Crippen molar-refractivity contribution in [1.82, 2.24) is 15.1 Å². The molecular weight excluding hydrogens is 362 g/mol. The molecule has 2 aromatic heterocycles. The van der Waals surface area contributed by atoms with Crippen LogP contribution in [0, 0.1) is 0 Å². The highest BCUT2D eigenvalue weighted by Crippen LogP contribution is 2.22. The second kappa shape index (κ2) is 6.89. The Morgan fingerprint density at radius 2 is 2.09 bits per heavy atom. The van der Waals surface area contributed by atoms with E-state index < -0.39 is 0 Å². The summed E-state index contributed by atoms with van der Waals surface area (Å²) in [6, 6.07) is 13.3. The van der Waals surface area contributed by atoms with Gasteiger partial charge in [-0.2, -0.15) is 5.10 Å². The van der Waals surface area contributed by atoms with Crippen LogP contribution in [0.3, 0.4) is 0 Å². The van der Waals surface area contributed by atoms with Crippen LogP contribution < -0.4 is 5.32 Å². The number of aromatic nitrogens is 2. The van der Waals surface area contributed by atoms with E-state index in [1.165, 1.54) is 4.88 Å². The molecule has 0 saturated carbocycles. The van der Waals surface area contributed by atoms with Gasteiger partial charge in [0, 0.05) is 33.9 Å². The van der Waals surface area contributed by atoms with Gasteiger partial charge < -0.3 is 5.32 Å². The van der Waals surface area contributed by atoms with Crippen LogP contribution in [-0.2, 0) is 0 Å². The molecule has 0 aliphatic rings. The zero-order valence-electron chi connectivity index (χ0n) is 11.6. The van der Waals surface area contributed by atoms with Gasteiger partial charge in [-0.15, -0.1) is 11.3 Å². The highest BCUT2D eigenvalue weighted by atomic mass is 79.9. The first kappa shape index (κ1) is 15.0. The van der Waals surface area contributed by atoms with Crippen molar-refractivity contribution in [2.45, 2.75) is 6.04 Å². The molecule has 3 rings (SSSR count). The second-order valence-corrected chi connectivity index (χ2v) is 6.63. The molecule has 22 heavy (non-hydrogen) atoms. The van der Waals surface area contributed by atoms with E-state index in [0.717, 1.165) is 4.47 Å². The summed E-state index contributed by atoms with van der Waals surface area (Å²) >= 11 is 5.03. The molecule has 2 heterocycles. The number of halogens is 1. The minimum Gasteiger partial charge on any atom is -0.350 e. The number of hydrogen-bond donors (Lipinski definition) is 1. The summed E-state index contributed by atoms with van der Waals surface area (Å²) in [5.41, 5.74) is 0.647. The van der Waals surface area contributed by atoms with Crippen LogP contribution in [0.5, 0.6) is 0 Å². The number of thiophene rings is 1. The van der Waals surface area contributed by atoms with Gasteiger partial charge in [-0.25, -0.2) is 0 Å². The molecule has 1 atom stereocenters. The Hall–Kier alpha value is -1.92. The number of carbonyl (C=O) groups is 1.